The average molecular weight is 158 g/mol. The second-order valence-electron chi connectivity index (χ2n) is 3.48. The highest BCUT2D eigenvalue weighted by Crippen LogP contribution is 2.30. The molecule has 0 saturated heterocycles. The Morgan fingerprint density at radius 1 is 1.40 bits per heavy atom. The van der Waals surface area contributed by atoms with Crippen molar-refractivity contribution in [1.82, 2.24) is 0 Å². The Hall–Kier alpha value is 0.350. The van der Waals surface area contributed by atoms with Gasteiger partial charge in [0.1, 0.15) is 0 Å². The van der Waals surface area contributed by atoms with Gasteiger partial charge in [0, 0.05) is 5.25 Å². The standard InChI is InChI=1S/C9H18S/c1-2-4-8-5-3-6-9(10)7-8/h8-10H,2-7H2,1H3. The molecule has 0 bridgehead atoms. The lowest BCUT2D eigenvalue weighted by atomic mass is 9.86. The van der Waals surface area contributed by atoms with E-state index in [0.717, 1.165) is 5.92 Å². The second kappa shape index (κ2) is 4.27. The van der Waals surface area contributed by atoms with Gasteiger partial charge in [0.2, 0.25) is 0 Å². The van der Waals surface area contributed by atoms with Crippen molar-refractivity contribution >= 4 is 12.6 Å². The summed E-state index contributed by atoms with van der Waals surface area (Å²) in [6.07, 6.45) is 8.38. The van der Waals surface area contributed by atoms with E-state index in [0.29, 0.717) is 5.25 Å². The van der Waals surface area contributed by atoms with Crippen molar-refractivity contribution in [2.24, 2.45) is 5.92 Å². The third-order valence-electron chi connectivity index (χ3n) is 2.45. The van der Waals surface area contributed by atoms with E-state index in [1.807, 2.05) is 0 Å². The first-order valence-corrected chi connectivity index (χ1v) is 5.02. The third kappa shape index (κ3) is 2.53. The Kier molecular flexibility index (Phi) is 3.61. The van der Waals surface area contributed by atoms with Gasteiger partial charge in [-0.05, 0) is 18.8 Å². The molecule has 1 saturated carbocycles. The van der Waals surface area contributed by atoms with Crippen LogP contribution in [0.2, 0.25) is 0 Å². The zero-order valence-corrected chi connectivity index (χ0v) is 7.74. The third-order valence-corrected chi connectivity index (χ3v) is 2.92. The summed E-state index contributed by atoms with van der Waals surface area (Å²) < 4.78 is 0. The molecule has 0 aromatic rings. The van der Waals surface area contributed by atoms with Crippen molar-refractivity contribution < 1.29 is 0 Å². The molecule has 2 atom stereocenters. The molecule has 0 aromatic heterocycles. The summed E-state index contributed by atoms with van der Waals surface area (Å²) in [6, 6.07) is 0. The summed E-state index contributed by atoms with van der Waals surface area (Å²) in [5.74, 6) is 1.00. The normalized spacial score (nSPS) is 34.2. The van der Waals surface area contributed by atoms with Crippen LogP contribution < -0.4 is 0 Å². The highest BCUT2D eigenvalue weighted by atomic mass is 32.1. The van der Waals surface area contributed by atoms with Crippen molar-refractivity contribution in [3.05, 3.63) is 0 Å². The first kappa shape index (κ1) is 8.45. The molecular weight excluding hydrogens is 140 g/mol. The van der Waals surface area contributed by atoms with Crippen LogP contribution in [0, 0.1) is 5.92 Å². The van der Waals surface area contributed by atoms with Gasteiger partial charge in [-0.2, -0.15) is 12.6 Å². The lowest BCUT2D eigenvalue weighted by Crippen LogP contribution is -2.14. The van der Waals surface area contributed by atoms with Crippen LogP contribution in [0.25, 0.3) is 0 Å². The molecule has 0 spiro atoms. The van der Waals surface area contributed by atoms with Crippen LogP contribution >= 0.6 is 12.6 Å². The molecule has 0 heterocycles. The fourth-order valence-corrected chi connectivity index (χ4v) is 2.41. The molecule has 1 fully saturated rings. The summed E-state index contributed by atoms with van der Waals surface area (Å²) in [4.78, 5) is 0. The maximum atomic E-state index is 4.51. The summed E-state index contributed by atoms with van der Waals surface area (Å²) in [5.41, 5.74) is 0. The molecule has 1 heteroatoms. The summed E-state index contributed by atoms with van der Waals surface area (Å²) in [5, 5.41) is 0.713. The SMILES string of the molecule is CCCC1CCCC(S)C1. The molecule has 1 aliphatic carbocycles. The van der Waals surface area contributed by atoms with Crippen LogP contribution in [-0.4, -0.2) is 5.25 Å². The van der Waals surface area contributed by atoms with Crippen molar-refractivity contribution in [3.63, 3.8) is 0 Å². The van der Waals surface area contributed by atoms with Gasteiger partial charge in [-0.1, -0.05) is 32.6 Å². The van der Waals surface area contributed by atoms with Gasteiger partial charge in [-0.3, -0.25) is 0 Å². The predicted octanol–water partition coefficient (Wildman–Crippen LogP) is 3.28. The zero-order chi connectivity index (χ0) is 7.40. The maximum absolute atomic E-state index is 4.51. The Morgan fingerprint density at radius 2 is 2.20 bits per heavy atom. The second-order valence-corrected chi connectivity index (χ2v) is 4.21. The van der Waals surface area contributed by atoms with Gasteiger partial charge in [0.15, 0.2) is 0 Å². The van der Waals surface area contributed by atoms with Crippen molar-refractivity contribution in [1.29, 1.82) is 0 Å². The smallest absolute Gasteiger partial charge is 0.00194 e. The van der Waals surface area contributed by atoms with Crippen LogP contribution in [-0.2, 0) is 0 Å². The molecule has 0 radical (unpaired) electrons. The quantitative estimate of drug-likeness (QED) is 0.586. The first-order valence-electron chi connectivity index (χ1n) is 4.51. The summed E-state index contributed by atoms with van der Waals surface area (Å²) in [7, 11) is 0. The highest BCUT2D eigenvalue weighted by Gasteiger charge is 2.17. The van der Waals surface area contributed by atoms with Gasteiger partial charge < -0.3 is 0 Å². The fraction of sp³-hybridized carbons (Fsp3) is 1.00. The Bertz CT molecular complexity index is 88.7. The minimum Gasteiger partial charge on any atom is -0.176 e. The average Bonchev–Trinajstić information content (AvgIpc) is 1.88. The van der Waals surface area contributed by atoms with E-state index < -0.39 is 0 Å². The molecule has 0 aliphatic heterocycles. The Balaban J connectivity index is 2.18. The zero-order valence-electron chi connectivity index (χ0n) is 6.84. The van der Waals surface area contributed by atoms with E-state index >= 15 is 0 Å². The van der Waals surface area contributed by atoms with Gasteiger partial charge in [-0.25, -0.2) is 0 Å². The number of hydrogen-bond acceptors (Lipinski definition) is 1. The van der Waals surface area contributed by atoms with Crippen molar-refractivity contribution in [2.75, 3.05) is 0 Å². The highest BCUT2D eigenvalue weighted by molar-refractivity contribution is 7.80. The largest absolute Gasteiger partial charge is 0.176 e. The summed E-state index contributed by atoms with van der Waals surface area (Å²) in [6.45, 7) is 2.28. The lowest BCUT2D eigenvalue weighted by Gasteiger charge is -2.25. The number of rotatable bonds is 2. The van der Waals surface area contributed by atoms with E-state index in [4.69, 9.17) is 0 Å². The van der Waals surface area contributed by atoms with Crippen LogP contribution in [0.4, 0.5) is 0 Å². The minimum absolute atomic E-state index is 0.713. The molecule has 1 rings (SSSR count). The summed E-state index contributed by atoms with van der Waals surface area (Å²) >= 11 is 4.51. The minimum atomic E-state index is 0.713. The molecule has 0 nitrogen and oxygen atoms in total. The lowest BCUT2D eigenvalue weighted by molar-refractivity contribution is 0.345. The first-order chi connectivity index (χ1) is 4.83. The molecule has 1 aliphatic rings. The van der Waals surface area contributed by atoms with Gasteiger partial charge in [-0.15, -0.1) is 0 Å². The Morgan fingerprint density at radius 3 is 2.80 bits per heavy atom. The van der Waals surface area contributed by atoms with Crippen LogP contribution in [0.1, 0.15) is 45.4 Å². The van der Waals surface area contributed by atoms with E-state index in [9.17, 15) is 0 Å². The molecule has 0 aromatic carbocycles. The molecule has 10 heavy (non-hydrogen) atoms. The monoisotopic (exact) mass is 158 g/mol. The van der Waals surface area contributed by atoms with Gasteiger partial charge >= 0.3 is 0 Å². The number of hydrogen-bond donors (Lipinski definition) is 1. The van der Waals surface area contributed by atoms with E-state index in [1.54, 1.807) is 0 Å². The Labute approximate surface area is 69.8 Å². The molecule has 2 unspecified atom stereocenters. The number of thiol groups is 1. The van der Waals surface area contributed by atoms with E-state index in [2.05, 4.69) is 19.6 Å². The molecular formula is C9H18S. The predicted molar refractivity (Wildman–Crippen MR) is 49.6 cm³/mol. The van der Waals surface area contributed by atoms with E-state index in [1.165, 1.54) is 38.5 Å². The van der Waals surface area contributed by atoms with Gasteiger partial charge in [0.05, 0.1) is 0 Å². The van der Waals surface area contributed by atoms with Crippen molar-refractivity contribution in [3.8, 4) is 0 Å². The fourth-order valence-electron chi connectivity index (χ4n) is 1.93. The van der Waals surface area contributed by atoms with Gasteiger partial charge in [0.25, 0.3) is 0 Å². The van der Waals surface area contributed by atoms with Crippen LogP contribution in [0.5, 0.6) is 0 Å². The van der Waals surface area contributed by atoms with Crippen molar-refractivity contribution in [2.45, 2.75) is 50.7 Å². The van der Waals surface area contributed by atoms with Crippen LogP contribution in [0.15, 0.2) is 0 Å². The maximum Gasteiger partial charge on any atom is 0.00194 e. The van der Waals surface area contributed by atoms with Crippen LogP contribution in [0.3, 0.4) is 0 Å². The topological polar surface area (TPSA) is 0 Å². The molecule has 60 valence electrons. The van der Waals surface area contributed by atoms with E-state index in [-0.39, 0.29) is 0 Å². The molecule has 0 amide bonds. The molecule has 0 N–H and O–H groups in total.